The molecular weight excluding hydrogens is 442 g/mol. The highest BCUT2D eigenvalue weighted by Gasteiger charge is 2.05. The zero-order chi connectivity index (χ0) is 24.8. The highest BCUT2D eigenvalue weighted by atomic mass is 32.1. The zero-order valence-electron chi connectivity index (χ0n) is 23.3. The van der Waals surface area contributed by atoms with Gasteiger partial charge in [0.2, 0.25) is 0 Å². The molecule has 35 heavy (non-hydrogen) atoms. The molecule has 0 unspecified atom stereocenters. The van der Waals surface area contributed by atoms with Gasteiger partial charge in [-0.05, 0) is 43.4 Å². The van der Waals surface area contributed by atoms with Gasteiger partial charge >= 0.3 is 0 Å². The molecule has 0 atom stereocenters. The summed E-state index contributed by atoms with van der Waals surface area (Å²) < 4.78 is 0. The fraction of sp³-hybridized carbons (Fsp3) is 0.727. The average Bonchev–Trinajstić information content (AvgIpc) is 3.35. The van der Waals surface area contributed by atoms with Crippen molar-refractivity contribution in [1.82, 2.24) is 4.98 Å². The summed E-state index contributed by atoms with van der Waals surface area (Å²) in [6, 6.07) is 6.91. The molecule has 0 aliphatic heterocycles. The average molecular weight is 498 g/mol. The number of rotatable bonds is 23. The number of hydrogen-bond donors (Lipinski definition) is 0. The maximum Gasteiger partial charge on any atom is 0.0710 e. The Morgan fingerprint density at radius 3 is 1.54 bits per heavy atom. The standard InChI is InChI=1S/C33H55NS/c1-3-5-7-9-11-13-15-17-19-21-23-30-25-26-33(34-28-30)31-27-32(35-29-31)24-22-20-18-16-14-12-10-8-6-4-2/h25-29H,3-24H2,1-2H3. The monoisotopic (exact) mass is 497 g/mol. The van der Waals surface area contributed by atoms with Crippen molar-refractivity contribution in [3.8, 4) is 11.3 Å². The lowest BCUT2D eigenvalue weighted by Crippen LogP contribution is -1.89. The van der Waals surface area contributed by atoms with E-state index in [9.17, 15) is 0 Å². The van der Waals surface area contributed by atoms with Crippen LogP contribution in [0, 0.1) is 0 Å². The van der Waals surface area contributed by atoms with E-state index in [2.05, 4.69) is 43.6 Å². The van der Waals surface area contributed by atoms with Crippen LogP contribution in [0.5, 0.6) is 0 Å². The lowest BCUT2D eigenvalue weighted by Gasteiger charge is -2.04. The van der Waals surface area contributed by atoms with Crippen LogP contribution in [0.25, 0.3) is 11.3 Å². The second-order valence-corrected chi connectivity index (χ2v) is 11.7. The smallest absolute Gasteiger partial charge is 0.0710 e. The van der Waals surface area contributed by atoms with Gasteiger partial charge in [-0.15, -0.1) is 11.3 Å². The maximum absolute atomic E-state index is 4.79. The normalized spacial score (nSPS) is 11.4. The molecule has 0 radical (unpaired) electrons. The summed E-state index contributed by atoms with van der Waals surface area (Å²) in [7, 11) is 0. The summed E-state index contributed by atoms with van der Waals surface area (Å²) in [6.07, 6.45) is 32.6. The lowest BCUT2D eigenvalue weighted by molar-refractivity contribution is 0.556. The fourth-order valence-corrected chi connectivity index (χ4v) is 5.92. The summed E-state index contributed by atoms with van der Waals surface area (Å²) in [4.78, 5) is 6.31. The maximum atomic E-state index is 4.79. The molecule has 198 valence electrons. The Bertz CT molecular complexity index is 717. The highest BCUT2D eigenvalue weighted by Crippen LogP contribution is 2.26. The van der Waals surface area contributed by atoms with E-state index in [0.717, 1.165) is 5.69 Å². The molecule has 0 aliphatic carbocycles. The molecule has 0 saturated heterocycles. The molecule has 0 saturated carbocycles. The van der Waals surface area contributed by atoms with E-state index in [1.165, 1.54) is 157 Å². The number of nitrogens with zero attached hydrogens (tertiary/aromatic N) is 1. The highest BCUT2D eigenvalue weighted by molar-refractivity contribution is 7.10. The number of pyridine rings is 1. The number of aromatic nitrogens is 1. The Hall–Kier alpha value is -1.15. The summed E-state index contributed by atoms with van der Waals surface area (Å²) in [6.45, 7) is 4.59. The minimum atomic E-state index is 1.14. The third kappa shape index (κ3) is 14.9. The minimum absolute atomic E-state index is 1.14. The Kier molecular flexibility index (Phi) is 18.0. The first-order valence-corrected chi connectivity index (χ1v) is 16.2. The van der Waals surface area contributed by atoms with Crippen molar-refractivity contribution in [2.24, 2.45) is 0 Å². The van der Waals surface area contributed by atoms with Crippen LogP contribution < -0.4 is 0 Å². The van der Waals surface area contributed by atoms with Crippen LogP contribution in [-0.2, 0) is 12.8 Å². The van der Waals surface area contributed by atoms with Crippen molar-refractivity contribution in [2.75, 3.05) is 0 Å². The molecule has 0 spiro atoms. The van der Waals surface area contributed by atoms with E-state index < -0.39 is 0 Å². The van der Waals surface area contributed by atoms with Crippen LogP contribution in [0.2, 0.25) is 0 Å². The molecule has 2 rings (SSSR count). The van der Waals surface area contributed by atoms with E-state index in [4.69, 9.17) is 4.98 Å². The van der Waals surface area contributed by atoms with Crippen LogP contribution in [0.4, 0.5) is 0 Å². The van der Waals surface area contributed by atoms with Gasteiger partial charge in [-0.25, -0.2) is 0 Å². The molecule has 0 N–H and O–H groups in total. The molecule has 0 aromatic carbocycles. The molecule has 0 fully saturated rings. The lowest BCUT2D eigenvalue weighted by atomic mass is 10.0. The van der Waals surface area contributed by atoms with Crippen molar-refractivity contribution in [2.45, 2.75) is 155 Å². The van der Waals surface area contributed by atoms with Crippen LogP contribution >= 0.6 is 11.3 Å². The van der Waals surface area contributed by atoms with Gasteiger partial charge in [0.15, 0.2) is 0 Å². The second kappa shape index (κ2) is 21.0. The van der Waals surface area contributed by atoms with Gasteiger partial charge in [0.05, 0.1) is 5.69 Å². The Balaban J connectivity index is 1.52. The van der Waals surface area contributed by atoms with Gasteiger partial charge in [-0.2, -0.15) is 0 Å². The minimum Gasteiger partial charge on any atom is -0.256 e. The topological polar surface area (TPSA) is 12.9 Å². The van der Waals surface area contributed by atoms with Crippen LogP contribution in [-0.4, -0.2) is 4.98 Å². The molecule has 2 heterocycles. The van der Waals surface area contributed by atoms with Crippen LogP contribution in [0.3, 0.4) is 0 Å². The predicted molar refractivity (Wildman–Crippen MR) is 159 cm³/mol. The molecule has 2 heteroatoms. The summed E-state index contributed by atoms with van der Waals surface area (Å²) in [5, 5.41) is 2.30. The number of thiophene rings is 1. The van der Waals surface area contributed by atoms with Crippen LogP contribution in [0.1, 0.15) is 153 Å². The van der Waals surface area contributed by atoms with E-state index in [1.807, 2.05) is 11.3 Å². The van der Waals surface area contributed by atoms with Crippen molar-refractivity contribution >= 4 is 11.3 Å². The van der Waals surface area contributed by atoms with Gasteiger partial charge in [-0.1, -0.05) is 135 Å². The van der Waals surface area contributed by atoms with Crippen LogP contribution in [0.15, 0.2) is 29.8 Å². The van der Waals surface area contributed by atoms with E-state index in [1.54, 1.807) is 0 Å². The van der Waals surface area contributed by atoms with Gasteiger partial charge < -0.3 is 0 Å². The van der Waals surface area contributed by atoms with Crippen molar-refractivity contribution in [3.63, 3.8) is 0 Å². The Morgan fingerprint density at radius 2 is 1.06 bits per heavy atom. The summed E-state index contributed by atoms with van der Waals surface area (Å²) >= 11 is 1.92. The third-order valence-electron chi connectivity index (χ3n) is 7.37. The van der Waals surface area contributed by atoms with E-state index >= 15 is 0 Å². The van der Waals surface area contributed by atoms with Gasteiger partial charge in [0.25, 0.3) is 0 Å². The van der Waals surface area contributed by atoms with Crippen molar-refractivity contribution in [3.05, 3.63) is 40.2 Å². The first kappa shape index (κ1) is 30.1. The second-order valence-electron chi connectivity index (χ2n) is 10.7. The molecular formula is C33H55NS. The zero-order valence-corrected chi connectivity index (χ0v) is 24.1. The van der Waals surface area contributed by atoms with E-state index in [-0.39, 0.29) is 0 Å². The first-order chi connectivity index (χ1) is 17.3. The van der Waals surface area contributed by atoms with Gasteiger partial charge in [0, 0.05) is 22.0 Å². The molecule has 0 amide bonds. The van der Waals surface area contributed by atoms with Crippen molar-refractivity contribution in [1.29, 1.82) is 0 Å². The van der Waals surface area contributed by atoms with E-state index in [0.29, 0.717) is 0 Å². The molecule has 1 nitrogen and oxygen atoms in total. The Morgan fingerprint density at radius 1 is 0.571 bits per heavy atom. The molecule has 2 aromatic rings. The SMILES string of the molecule is CCCCCCCCCCCCc1ccc(-c2csc(CCCCCCCCCCCC)c2)nc1. The van der Waals surface area contributed by atoms with Crippen molar-refractivity contribution < 1.29 is 0 Å². The number of aryl methyl sites for hydroxylation is 2. The summed E-state index contributed by atoms with van der Waals surface area (Å²) in [5.74, 6) is 0. The summed E-state index contributed by atoms with van der Waals surface area (Å²) in [5.41, 5.74) is 3.85. The molecule has 2 aromatic heterocycles. The predicted octanol–water partition coefficient (Wildman–Crippen LogP) is 11.7. The quantitative estimate of drug-likeness (QED) is 0.139. The fourth-order valence-electron chi connectivity index (χ4n) is 4.99. The van der Waals surface area contributed by atoms with Gasteiger partial charge in [-0.3, -0.25) is 4.98 Å². The first-order valence-electron chi connectivity index (χ1n) is 15.4. The third-order valence-corrected chi connectivity index (χ3v) is 8.37. The number of hydrogen-bond acceptors (Lipinski definition) is 2. The Labute approximate surface area is 222 Å². The number of unbranched alkanes of at least 4 members (excludes halogenated alkanes) is 18. The largest absolute Gasteiger partial charge is 0.256 e. The van der Waals surface area contributed by atoms with Gasteiger partial charge in [0.1, 0.15) is 0 Å². The molecule has 0 bridgehead atoms. The molecule has 0 aliphatic rings.